The van der Waals surface area contributed by atoms with Crippen LogP contribution < -0.4 is 5.32 Å². The van der Waals surface area contributed by atoms with E-state index >= 15 is 0 Å². The van der Waals surface area contributed by atoms with Gasteiger partial charge in [-0.1, -0.05) is 31.2 Å². The molecule has 0 aliphatic heterocycles. The largest absolute Gasteiger partial charge is 0.451 e. The molecule has 2 aromatic heterocycles. The summed E-state index contributed by atoms with van der Waals surface area (Å²) in [6, 6.07) is 13.5. The normalized spacial score (nSPS) is 12.4. The highest BCUT2D eigenvalue weighted by atomic mass is 32.1. The zero-order valence-electron chi connectivity index (χ0n) is 11.1. The van der Waals surface area contributed by atoms with Crippen LogP contribution >= 0.6 is 11.3 Å². The number of hydrogen-bond donors (Lipinski definition) is 1. The smallest absolute Gasteiger partial charge is 0.287 e. The minimum Gasteiger partial charge on any atom is -0.451 e. The molecule has 1 atom stereocenters. The number of carbonyl (C=O) groups is 1. The maximum Gasteiger partial charge on any atom is 0.287 e. The molecule has 1 amide bonds. The molecule has 2 heterocycles. The molecule has 0 radical (unpaired) electrons. The van der Waals surface area contributed by atoms with E-state index in [0.29, 0.717) is 5.76 Å². The molecular formula is C16H15NO2S. The lowest BCUT2D eigenvalue weighted by Gasteiger charge is -2.14. The number of para-hydroxylation sites is 1. The first-order valence-corrected chi connectivity index (χ1v) is 7.48. The highest BCUT2D eigenvalue weighted by Crippen LogP contribution is 2.23. The second-order valence-corrected chi connectivity index (χ2v) is 5.58. The fraction of sp³-hybridized carbons (Fsp3) is 0.188. The Morgan fingerprint density at radius 1 is 1.30 bits per heavy atom. The van der Waals surface area contributed by atoms with E-state index in [2.05, 4.69) is 12.2 Å². The van der Waals surface area contributed by atoms with Crippen molar-refractivity contribution in [3.8, 4) is 0 Å². The van der Waals surface area contributed by atoms with Crippen LogP contribution in [-0.2, 0) is 0 Å². The number of hydrogen-bond acceptors (Lipinski definition) is 3. The SMILES string of the molecule is CC[C@H](NC(=O)c1cc2ccccc2o1)c1cccs1. The molecule has 0 spiro atoms. The Kier molecular flexibility index (Phi) is 3.56. The van der Waals surface area contributed by atoms with E-state index in [0.717, 1.165) is 22.3 Å². The zero-order chi connectivity index (χ0) is 13.9. The summed E-state index contributed by atoms with van der Waals surface area (Å²) in [5.41, 5.74) is 0.738. The molecule has 0 unspecified atom stereocenters. The Bertz CT molecular complexity index is 682. The van der Waals surface area contributed by atoms with Crippen LogP contribution in [0.3, 0.4) is 0 Å². The number of rotatable bonds is 4. The number of nitrogens with one attached hydrogen (secondary N) is 1. The van der Waals surface area contributed by atoms with Crippen molar-refractivity contribution < 1.29 is 9.21 Å². The number of furan rings is 1. The summed E-state index contributed by atoms with van der Waals surface area (Å²) in [6.07, 6.45) is 0.854. The minimum atomic E-state index is -0.165. The second-order valence-electron chi connectivity index (χ2n) is 4.60. The molecule has 4 heteroatoms. The summed E-state index contributed by atoms with van der Waals surface area (Å²) in [5.74, 6) is 0.197. The van der Waals surface area contributed by atoms with E-state index in [9.17, 15) is 4.79 Å². The van der Waals surface area contributed by atoms with Crippen LogP contribution in [-0.4, -0.2) is 5.91 Å². The van der Waals surface area contributed by atoms with Crippen molar-refractivity contribution in [1.29, 1.82) is 0 Å². The van der Waals surface area contributed by atoms with Crippen LogP contribution in [0, 0.1) is 0 Å². The van der Waals surface area contributed by atoms with Crippen molar-refractivity contribution in [2.45, 2.75) is 19.4 Å². The summed E-state index contributed by atoms with van der Waals surface area (Å²) in [5, 5.41) is 5.99. The lowest BCUT2D eigenvalue weighted by atomic mass is 10.2. The Hall–Kier alpha value is -2.07. The maximum atomic E-state index is 12.3. The first-order valence-electron chi connectivity index (χ1n) is 6.60. The zero-order valence-corrected chi connectivity index (χ0v) is 11.9. The van der Waals surface area contributed by atoms with Crippen LogP contribution in [0.4, 0.5) is 0 Å². The molecule has 102 valence electrons. The first-order chi connectivity index (χ1) is 9.78. The van der Waals surface area contributed by atoms with Gasteiger partial charge in [0.2, 0.25) is 0 Å². The number of carbonyl (C=O) groups excluding carboxylic acids is 1. The molecule has 1 aromatic carbocycles. The summed E-state index contributed by atoms with van der Waals surface area (Å²) in [6.45, 7) is 2.06. The Morgan fingerprint density at radius 3 is 2.85 bits per heavy atom. The standard InChI is InChI=1S/C16H15NO2S/c1-2-12(15-8-5-9-20-15)17-16(18)14-10-11-6-3-4-7-13(11)19-14/h3-10,12H,2H2,1H3,(H,17,18)/t12-/m0/s1. The molecule has 3 nitrogen and oxygen atoms in total. The van der Waals surface area contributed by atoms with E-state index in [1.54, 1.807) is 17.4 Å². The molecule has 0 fully saturated rings. The van der Waals surface area contributed by atoms with E-state index in [1.807, 2.05) is 41.8 Å². The quantitative estimate of drug-likeness (QED) is 0.773. The monoisotopic (exact) mass is 285 g/mol. The molecular weight excluding hydrogens is 270 g/mol. The summed E-state index contributed by atoms with van der Waals surface area (Å²) in [7, 11) is 0. The van der Waals surface area contributed by atoms with Crippen molar-refractivity contribution in [2.24, 2.45) is 0 Å². The van der Waals surface area contributed by atoms with E-state index < -0.39 is 0 Å². The number of benzene rings is 1. The van der Waals surface area contributed by atoms with Crippen molar-refractivity contribution in [3.05, 3.63) is 58.5 Å². The number of fused-ring (bicyclic) bond motifs is 1. The fourth-order valence-corrected chi connectivity index (χ4v) is 3.05. The van der Waals surface area contributed by atoms with Crippen molar-refractivity contribution in [2.75, 3.05) is 0 Å². The highest BCUT2D eigenvalue weighted by Gasteiger charge is 2.17. The molecule has 0 aliphatic rings. The van der Waals surface area contributed by atoms with Crippen LogP contribution in [0.1, 0.15) is 34.8 Å². The Labute approximate surface area is 121 Å². The van der Waals surface area contributed by atoms with Crippen LogP contribution in [0.25, 0.3) is 11.0 Å². The van der Waals surface area contributed by atoms with Crippen LogP contribution in [0.5, 0.6) is 0 Å². The molecule has 3 rings (SSSR count). The van der Waals surface area contributed by atoms with Gasteiger partial charge in [0, 0.05) is 10.3 Å². The maximum absolute atomic E-state index is 12.3. The molecule has 0 saturated carbocycles. The van der Waals surface area contributed by atoms with Crippen molar-refractivity contribution in [3.63, 3.8) is 0 Å². The number of thiophene rings is 1. The molecule has 0 aliphatic carbocycles. The van der Waals surface area contributed by atoms with Gasteiger partial charge >= 0.3 is 0 Å². The van der Waals surface area contributed by atoms with Gasteiger partial charge in [-0.25, -0.2) is 0 Å². The summed E-state index contributed by atoms with van der Waals surface area (Å²) in [4.78, 5) is 13.4. The van der Waals surface area contributed by atoms with Gasteiger partial charge in [0.1, 0.15) is 5.58 Å². The average Bonchev–Trinajstić information content (AvgIpc) is 3.13. The Morgan fingerprint density at radius 2 is 2.15 bits per heavy atom. The molecule has 1 N–H and O–H groups in total. The van der Waals surface area contributed by atoms with Gasteiger partial charge in [-0.05, 0) is 30.0 Å². The summed E-state index contributed by atoms with van der Waals surface area (Å²) >= 11 is 1.65. The minimum absolute atomic E-state index is 0.0377. The molecule has 20 heavy (non-hydrogen) atoms. The van der Waals surface area contributed by atoms with Gasteiger partial charge in [0.15, 0.2) is 5.76 Å². The van der Waals surface area contributed by atoms with E-state index in [1.165, 1.54) is 0 Å². The lowest BCUT2D eigenvalue weighted by molar-refractivity contribution is 0.0910. The number of amides is 1. The molecule has 0 saturated heterocycles. The third-order valence-electron chi connectivity index (χ3n) is 3.25. The van der Waals surface area contributed by atoms with E-state index in [4.69, 9.17) is 4.42 Å². The average molecular weight is 285 g/mol. The first kappa shape index (κ1) is 12.9. The Balaban J connectivity index is 1.81. The van der Waals surface area contributed by atoms with Gasteiger partial charge in [0.25, 0.3) is 5.91 Å². The fourth-order valence-electron chi connectivity index (χ4n) is 2.19. The van der Waals surface area contributed by atoms with Gasteiger partial charge in [-0.2, -0.15) is 0 Å². The third kappa shape index (κ3) is 2.47. The highest BCUT2D eigenvalue weighted by molar-refractivity contribution is 7.10. The third-order valence-corrected chi connectivity index (χ3v) is 4.24. The summed E-state index contributed by atoms with van der Waals surface area (Å²) < 4.78 is 5.58. The van der Waals surface area contributed by atoms with Crippen LogP contribution in [0.15, 0.2) is 52.3 Å². The van der Waals surface area contributed by atoms with Gasteiger partial charge in [0.05, 0.1) is 6.04 Å². The second kappa shape index (κ2) is 5.51. The van der Waals surface area contributed by atoms with E-state index in [-0.39, 0.29) is 11.9 Å². The lowest BCUT2D eigenvalue weighted by Crippen LogP contribution is -2.27. The molecule has 3 aromatic rings. The van der Waals surface area contributed by atoms with Gasteiger partial charge in [-0.15, -0.1) is 11.3 Å². The van der Waals surface area contributed by atoms with Gasteiger partial charge < -0.3 is 9.73 Å². The van der Waals surface area contributed by atoms with Crippen molar-refractivity contribution >= 4 is 28.2 Å². The van der Waals surface area contributed by atoms with Crippen molar-refractivity contribution in [1.82, 2.24) is 5.32 Å². The predicted molar refractivity (Wildman–Crippen MR) is 81.0 cm³/mol. The van der Waals surface area contributed by atoms with Crippen LogP contribution in [0.2, 0.25) is 0 Å². The van der Waals surface area contributed by atoms with Gasteiger partial charge in [-0.3, -0.25) is 4.79 Å². The topological polar surface area (TPSA) is 42.2 Å². The predicted octanol–water partition coefficient (Wildman–Crippen LogP) is 4.38. The molecule has 0 bridgehead atoms.